The Kier molecular flexibility index (Phi) is 2.86. The summed E-state index contributed by atoms with van der Waals surface area (Å²) in [5.74, 6) is 0. The first-order valence-electron chi connectivity index (χ1n) is 3.76. The van der Waals surface area contributed by atoms with Crippen molar-refractivity contribution in [3.63, 3.8) is 0 Å². The van der Waals surface area contributed by atoms with Crippen LogP contribution in [0.1, 0.15) is 0 Å². The third-order valence-electron chi connectivity index (χ3n) is 1.90. The van der Waals surface area contributed by atoms with Gasteiger partial charge in [-0.1, -0.05) is 11.6 Å². The molecule has 1 aromatic heterocycles. The average Bonchev–Trinajstić information content (AvgIpc) is 2.17. The van der Waals surface area contributed by atoms with Crippen molar-refractivity contribution in [3.8, 4) is 0 Å². The van der Waals surface area contributed by atoms with Gasteiger partial charge in [0.15, 0.2) is 0 Å². The standard InChI is InChI=1S/C9H4BrClINO/c10-7-5(11)2-1-4-8(7)13-3-6(12)9(4)14/h1-3H,(H,13,14). The molecule has 0 atom stereocenters. The van der Waals surface area contributed by atoms with Gasteiger partial charge in [0.1, 0.15) is 0 Å². The van der Waals surface area contributed by atoms with Crippen LogP contribution in [0.25, 0.3) is 10.9 Å². The number of nitrogens with one attached hydrogen (secondary N) is 1. The molecule has 0 saturated carbocycles. The molecule has 0 amide bonds. The quantitative estimate of drug-likeness (QED) is 0.693. The Morgan fingerprint density at radius 3 is 2.86 bits per heavy atom. The lowest BCUT2D eigenvalue weighted by Gasteiger charge is -2.02. The molecule has 1 aromatic carbocycles. The molecule has 1 heterocycles. The van der Waals surface area contributed by atoms with Gasteiger partial charge in [-0.2, -0.15) is 0 Å². The topological polar surface area (TPSA) is 32.9 Å². The summed E-state index contributed by atoms with van der Waals surface area (Å²) in [6.45, 7) is 0. The molecule has 72 valence electrons. The number of H-pyrrole nitrogens is 1. The largest absolute Gasteiger partial charge is 0.359 e. The third-order valence-corrected chi connectivity index (χ3v) is 4.07. The molecule has 0 spiro atoms. The van der Waals surface area contributed by atoms with Crippen LogP contribution in [-0.2, 0) is 0 Å². The molecular formula is C9H4BrClINO. The van der Waals surface area contributed by atoms with E-state index >= 15 is 0 Å². The lowest BCUT2D eigenvalue weighted by atomic mass is 10.2. The van der Waals surface area contributed by atoms with Gasteiger partial charge in [-0.05, 0) is 50.7 Å². The van der Waals surface area contributed by atoms with Crippen molar-refractivity contribution in [1.29, 1.82) is 0 Å². The van der Waals surface area contributed by atoms with Gasteiger partial charge >= 0.3 is 0 Å². The normalized spacial score (nSPS) is 10.8. The van der Waals surface area contributed by atoms with Gasteiger partial charge in [0.05, 0.1) is 18.6 Å². The van der Waals surface area contributed by atoms with E-state index in [0.29, 0.717) is 14.0 Å². The maximum atomic E-state index is 11.7. The van der Waals surface area contributed by atoms with E-state index in [1.807, 2.05) is 22.6 Å². The zero-order valence-electron chi connectivity index (χ0n) is 6.77. The van der Waals surface area contributed by atoms with E-state index < -0.39 is 0 Å². The van der Waals surface area contributed by atoms with Crippen LogP contribution in [-0.4, -0.2) is 4.98 Å². The molecule has 0 saturated heterocycles. The highest BCUT2D eigenvalue weighted by atomic mass is 127. The number of rotatable bonds is 0. The van der Waals surface area contributed by atoms with Gasteiger partial charge in [0.2, 0.25) is 5.43 Å². The van der Waals surface area contributed by atoms with E-state index in [-0.39, 0.29) is 5.43 Å². The van der Waals surface area contributed by atoms with Crippen LogP contribution in [0.3, 0.4) is 0 Å². The van der Waals surface area contributed by atoms with E-state index in [2.05, 4.69) is 20.9 Å². The second-order valence-electron chi connectivity index (χ2n) is 2.75. The highest BCUT2D eigenvalue weighted by Crippen LogP contribution is 2.28. The molecule has 2 aromatic rings. The zero-order chi connectivity index (χ0) is 10.3. The minimum absolute atomic E-state index is 0.0247. The molecule has 0 fully saturated rings. The van der Waals surface area contributed by atoms with E-state index in [0.717, 1.165) is 9.99 Å². The first-order valence-corrected chi connectivity index (χ1v) is 6.01. The minimum Gasteiger partial charge on any atom is -0.359 e. The number of hydrogen-bond acceptors (Lipinski definition) is 1. The number of benzene rings is 1. The fraction of sp³-hybridized carbons (Fsp3) is 0. The van der Waals surface area contributed by atoms with Crippen LogP contribution >= 0.6 is 50.1 Å². The SMILES string of the molecule is O=c1c(I)c[nH]c2c(Br)c(Cl)ccc12. The van der Waals surface area contributed by atoms with Crippen LogP contribution in [0.15, 0.2) is 27.6 Å². The Hall–Kier alpha value is -0.0700. The number of hydrogen-bond donors (Lipinski definition) is 1. The first-order chi connectivity index (χ1) is 6.61. The molecule has 0 radical (unpaired) electrons. The van der Waals surface area contributed by atoms with Crippen molar-refractivity contribution in [2.45, 2.75) is 0 Å². The molecule has 0 aliphatic heterocycles. The summed E-state index contributed by atoms with van der Waals surface area (Å²) in [4.78, 5) is 14.7. The van der Waals surface area contributed by atoms with Crippen molar-refractivity contribution in [1.82, 2.24) is 4.98 Å². The Morgan fingerprint density at radius 2 is 2.14 bits per heavy atom. The summed E-state index contributed by atoms with van der Waals surface area (Å²) in [6.07, 6.45) is 1.67. The lowest BCUT2D eigenvalue weighted by molar-refractivity contribution is 1.35. The van der Waals surface area contributed by atoms with Gasteiger partial charge < -0.3 is 4.98 Å². The van der Waals surface area contributed by atoms with Gasteiger partial charge in [-0.15, -0.1) is 0 Å². The summed E-state index contributed by atoms with van der Waals surface area (Å²) >= 11 is 11.2. The lowest BCUT2D eigenvalue weighted by Crippen LogP contribution is -2.06. The Bertz CT molecular complexity index is 566. The maximum Gasteiger partial charge on any atom is 0.202 e. The minimum atomic E-state index is 0.0247. The molecule has 14 heavy (non-hydrogen) atoms. The van der Waals surface area contributed by atoms with Crippen molar-refractivity contribution >= 4 is 61.0 Å². The molecular weight excluding hydrogens is 380 g/mol. The van der Waals surface area contributed by atoms with Gasteiger partial charge in [0.25, 0.3) is 0 Å². The van der Waals surface area contributed by atoms with Crippen molar-refractivity contribution in [2.24, 2.45) is 0 Å². The second-order valence-corrected chi connectivity index (χ2v) is 5.11. The van der Waals surface area contributed by atoms with Crippen LogP contribution in [0.4, 0.5) is 0 Å². The Morgan fingerprint density at radius 1 is 1.43 bits per heavy atom. The van der Waals surface area contributed by atoms with Crippen molar-refractivity contribution < 1.29 is 0 Å². The van der Waals surface area contributed by atoms with Gasteiger partial charge in [-0.25, -0.2) is 0 Å². The summed E-state index contributed by atoms with van der Waals surface area (Å²) in [7, 11) is 0. The third kappa shape index (κ3) is 1.59. The van der Waals surface area contributed by atoms with E-state index in [1.165, 1.54) is 0 Å². The van der Waals surface area contributed by atoms with E-state index in [4.69, 9.17) is 11.6 Å². The number of fused-ring (bicyclic) bond motifs is 1. The fourth-order valence-electron chi connectivity index (χ4n) is 1.21. The summed E-state index contributed by atoms with van der Waals surface area (Å²) in [6, 6.07) is 3.43. The summed E-state index contributed by atoms with van der Waals surface area (Å²) < 4.78 is 1.40. The predicted octanol–water partition coefficient (Wildman–Crippen LogP) is 3.55. The van der Waals surface area contributed by atoms with Crippen LogP contribution in [0, 0.1) is 3.57 Å². The van der Waals surface area contributed by atoms with Crippen molar-refractivity contribution in [2.75, 3.05) is 0 Å². The zero-order valence-corrected chi connectivity index (χ0v) is 11.3. The van der Waals surface area contributed by atoms with Crippen LogP contribution in [0.5, 0.6) is 0 Å². The van der Waals surface area contributed by atoms with Gasteiger partial charge in [0, 0.05) is 11.6 Å². The molecule has 5 heteroatoms. The van der Waals surface area contributed by atoms with Gasteiger partial charge in [-0.3, -0.25) is 4.79 Å². The first kappa shape index (κ1) is 10.4. The maximum absolute atomic E-state index is 11.7. The number of aromatic nitrogens is 1. The average molecular weight is 384 g/mol. The number of pyridine rings is 1. The molecule has 0 bridgehead atoms. The van der Waals surface area contributed by atoms with Crippen LogP contribution in [0.2, 0.25) is 5.02 Å². The predicted molar refractivity (Wildman–Crippen MR) is 70.0 cm³/mol. The van der Waals surface area contributed by atoms with Crippen LogP contribution < -0.4 is 5.43 Å². The monoisotopic (exact) mass is 383 g/mol. The van der Waals surface area contributed by atoms with Crippen molar-refractivity contribution in [3.05, 3.63) is 41.6 Å². The Labute approximate surface area is 107 Å². The highest BCUT2D eigenvalue weighted by Gasteiger charge is 2.07. The molecule has 0 unspecified atom stereocenters. The Balaban J connectivity index is 3.02. The molecule has 0 aliphatic rings. The molecule has 1 N–H and O–H groups in total. The molecule has 2 nitrogen and oxygen atoms in total. The van der Waals surface area contributed by atoms with E-state index in [9.17, 15) is 4.79 Å². The fourth-order valence-corrected chi connectivity index (χ4v) is 2.27. The molecule has 2 rings (SSSR count). The van der Waals surface area contributed by atoms with E-state index in [1.54, 1.807) is 18.3 Å². The smallest absolute Gasteiger partial charge is 0.202 e. The summed E-state index contributed by atoms with van der Waals surface area (Å²) in [5.41, 5.74) is 0.764. The second kappa shape index (κ2) is 3.83. The number of halogens is 3. The molecule has 0 aliphatic carbocycles. The highest BCUT2D eigenvalue weighted by molar-refractivity contribution is 14.1. The summed E-state index contributed by atoms with van der Waals surface area (Å²) in [5, 5.41) is 1.24. The number of aromatic amines is 1.